The summed E-state index contributed by atoms with van der Waals surface area (Å²) in [6.45, 7) is 1.89. The van der Waals surface area contributed by atoms with Crippen LogP contribution in [0.25, 0.3) is 10.9 Å². The average Bonchev–Trinajstić information content (AvgIpc) is 2.95. The lowest BCUT2D eigenvalue weighted by Gasteiger charge is -2.06. The van der Waals surface area contributed by atoms with E-state index in [4.69, 9.17) is 0 Å². The number of H-pyrrole nitrogens is 1. The second-order valence-electron chi connectivity index (χ2n) is 4.49. The van der Waals surface area contributed by atoms with Crippen LogP contribution in [0, 0.1) is 6.92 Å². The highest BCUT2D eigenvalue weighted by atomic mass is 16.1. The van der Waals surface area contributed by atoms with Crippen molar-refractivity contribution in [3.05, 3.63) is 47.8 Å². The van der Waals surface area contributed by atoms with Gasteiger partial charge in [-0.25, -0.2) is 0 Å². The molecule has 19 heavy (non-hydrogen) atoms. The van der Waals surface area contributed by atoms with Crippen LogP contribution in [-0.4, -0.2) is 20.7 Å². The normalized spacial score (nSPS) is 10.8. The largest absolute Gasteiger partial charge is 0.361 e. The molecule has 2 N–H and O–H groups in total. The molecule has 2 heterocycles. The number of hydrogen-bond donors (Lipinski definition) is 2. The summed E-state index contributed by atoms with van der Waals surface area (Å²) in [6.07, 6.45) is 1.83. The van der Waals surface area contributed by atoms with Crippen LogP contribution in [0.2, 0.25) is 0 Å². The first kappa shape index (κ1) is 11.5. The van der Waals surface area contributed by atoms with Crippen molar-refractivity contribution in [3.63, 3.8) is 0 Å². The number of aryl methyl sites for hydroxylation is 2. The molecule has 0 unspecified atom stereocenters. The van der Waals surface area contributed by atoms with E-state index in [2.05, 4.69) is 15.4 Å². The Hall–Kier alpha value is -2.56. The second kappa shape index (κ2) is 4.28. The van der Waals surface area contributed by atoms with E-state index in [9.17, 15) is 4.79 Å². The third-order valence-electron chi connectivity index (χ3n) is 3.08. The zero-order valence-electron chi connectivity index (χ0n) is 10.8. The lowest BCUT2D eigenvalue weighted by atomic mass is 10.1. The summed E-state index contributed by atoms with van der Waals surface area (Å²) in [5.41, 5.74) is 2.48. The standard InChI is InChI=1S/C14H14N4O/c1-9-8-13(18(2)17-9)16-14(19)11-4-3-5-12-10(11)6-7-15-12/h3-8,15H,1-2H3,(H,16,19). The molecule has 0 saturated heterocycles. The summed E-state index contributed by atoms with van der Waals surface area (Å²) in [7, 11) is 1.81. The molecule has 0 spiro atoms. The molecule has 1 amide bonds. The minimum atomic E-state index is -0.131. The van der Waals surface area contributed by atoms with Crippen molar-refractivity contribution in [1.29, 1.82) is 0 Å². The summed E-state index contributed by atoms with van der Waals surface area (Å²) in [4.78, 5) is 15.4. The first-order valence-corrected chi connectivity index (χ1v) is 6.03. The van der Waals surface area contributed by atoms with E-state index in [1.54, 1.807) is 11.7 Å². The Balaban J connectivity index is 1.96. The maximum atomic E-state index is 12.3. The lowest BCUT2D eigenvalue weighted by Crippen LogP contribution is -2.14. The van der Waals surface area contributed by atoms with E-state index in [0.29, 0.717) is 11.4 Å². The van der Waals surface area contributed by atoms with Gasteiger partial charge in [-0.15, -0.1) is 0 Å². The van der Waals surface area contributed by atoms with E-state index in [0.717, 1.165) is 16.6 Å². The predicted molar refractivity (Wildman–Crippen MR) is 74.2 cm³/mol. The molecule has 5 nitrogen and oxygen atoms in total. The molecule has 5 heteroatoms. The molecule has 0 radical (unpaired) electrons. The zero-order chi connectivity index (χ0) is 13.4. The smallest absolute Gasteiger partial charge is 0.257 e. The minimum Gasteiger partial charge on any atom is -0.361 e. The van der Waals surface area contributed by atoms with Gasteiger partial charge in [0.25, 0.3) is 5.91 Å². The number of fused-ring (bicyclic) bond motifs is 1. The van der Waals surface area contributed by atoms with Gasteiger partial charge in [-0.2, -0.15) is 5.10 Å². The molecule has 0 aliphatic heterocycles. The van der Waals surface area contributed by atoms with Crippen LogP contribution in [-0.2, 0) is 7.05 Å². The Morgan fingerprint density at radius 1 is 1.37 bits per heavy atom. The Morgan fingerprint density at radius 2 is 2.21 bits per heavy atom. The maximum absolute atomic E-state index is 12.3. The predicted octanol–water partition coefficient (Wildman–Crippen LogP) is 2.46. The van der Waals surface area contributed by atoms with Crippen molar-refractivity contribution >= 4 is 22.6 Å². The van der Waals surface area contributed by atoms with Gasteiger partial charge in [0.2, 0.25) is 0 Å². The number of nitrogens with one attached hydrogen (secondary N) is 2. The third-order valence-corrected chi connectivity index (χ3v) is 3.08. The van der Waals surface area contributed by atoms with Gasteiger partial charge in [0.1, 0.15) is 5.82 Å². The van der Waals surface area contributed by atoms with Crippen molar-refractivity contribution in [1.82, 2.24) is 14.8 Å². The fourth-order valence-corrected chi connectivity index (χ4v) is 2.19. The highest BCUT2D eigenvalue weighted by molar-refractivity contribution is 6.12. The number of hydrogen-bond acceptors (Lipinski definition) is 2. The van der Waals surface area contributed by atoms with Crippen LogP contribution in [0.15, 0.2) is 36.5 Å². The van der Waals surface area contributed by atoms with Gasteiger partial charge in [0.05, 0.1) is 5.69 Å². The van der Waals surface area contributed by atoms with Gasteiger partial charge in [-0.05, 0) is 25.1 Å². The Labute approximate surface area is 110 Å². The van der Waals surface area contributed by atoms with Crippen molar-refractivity contribution < 1.29 is 4.79 Å². The van der Waals surface area contributed by atoms with Crippen LogP contribution in [0.1, 0.15) is 16.1 Å². The SMILES string of the molecule is Cc1cc(NC(=O)c2cccc3[nH]ccc23)n(C)n1. The molecule has 2 aromatic heterocycles. The molecule has 0 fully saturated rings. The molecule has 3 rings (SSSR count). The molecule has 0 aliphatic rings. The monoisotopic (exact) mass is 254 g/mol. The van der Waals surface area contributed by atoms with Crippen molar-refractivity contribution in [2.24, 2.45) is 7.05 Å². The van der Waals surface area contributed by atoms with Crippen LogP contribution >= 0.6 is 0 Å². The molecule has 0 bridgehead atoms. The Bertz CT molecular complexity index is 754. The van der Waals surface area contributed by atoms with E-state index < -0.39 is 0 Å². The summed E-state index contributed by atoms with van der Waals surface area (Å²) in [5, 5.41) is 8.00. The number of benzene rings is 1. The molecule has 0 aliphatic carbocycles. The van der Waals surface area contributed by atoms with Gasteiger partial charge in [0, 0.05) is 35.8 Å². The highest BCUT2D eigenvalue weighted by Gasteiger charge is 2.12. The first-order valence-electron chi connectivity index (χ1n) is 6.03. The number of aromatic amines is 1. The van der Waals surface area contributed by atoms with Crippen molar-refractivity contribution in [2.45, 2.75) is 6.92 Å². The van der Waals surface area contributed by atoms with Gasteiger partial charge < -0.3 is 10.3 Å². The molecular formula is C14H14N4O. The van der Waals surface area contributed by atoms with E-state index >= 15 is 0 Å². The number of aromatic nitrogens is 3. The number of nitrogens with zero attached hydrogens (tertiary/aromatic N) is 2. The summed E-state index contributed by atoms with van der Waals surface area (Å²) < 4.78 is 1.66. The Kier molecular flexibility index (Phi) is 2.59. The fraction of sp³-hybridized carbons (Fsp3) is 0.143. The fourth-order valence-electron chi connectivity index (χ4n) is 2.19. The summed E-state index contributed by atoms with van der Waals surface area (Å²) in [5.74, 6) is 0.559. The number of carbonyl (C=O) groups excluding carboxylic acids is 1. The molecule has 0 atom stereocenters. The zero-order valence-corrected chi connectivity index (χ0v) is 10.8. The van der Waals surface area contributed by atoms with Gasteiger partial charge in [0.15, 0.2) is 0 Å². The highest BCUT2D eigenvalue weighted by Crippen LogP contribution is 2.19. The number of anilines is 1. The first-order chi connectivity index (χ1) is 9.15. The molecular weight excluding hydrogens is 240 g/mol. The third kappa shape index (κ3) is 1.99. The van der Waals surface area contributed by atoms with Crippen LogP contribution in [0.5, 0.6) is 0 Å². The van der Waals surface area contributed by atoms with E-state index in [1.165, 1.54) is 0 Å². The quantitative estimate of drug-likeness (QED) is 0.738. The van der Waals surface area contributed by atoms with Crippen molar-refractivity contribution in [3.8, 4) is 0 Å². The van der Waals surface area contributed by atoms with Crippen LogP contribution in [0.3, 0.4) is 0 Å². The van der Waals surface area contributed by atoms with E-state index in [-0.39, 0.29) is 5.91 Å². The number of carbonyl (C=O) groups is 1. The molecule has 3 aromatic rings. The average molecular weight is 254 g/mol. The van der Waals surface area contributed by atoms with E-state index in [1.807, 2.05) is 43.5 Å². The summed E-state index contributed by atoms with van der Waals surface area (Å²) >= 11 is 0. The minimum absolute atomic E-state index is 0.131. The molecule has 0 saturated carbocycles. The molecule has 1 aromatic carbocycles. The number of rotatable bonds is 2. The van der Waals surface area contributed by atoms with Gasteiger partial charge in [-0.1, -0.05) is 6.07 Å². The second-order valence-corrected chi connectivity index (χ2v) is 4.49. The molecule has 96 valence electrons. The topological polar surface area (TPSA) is 62.7 Å². The maximum Gasteiger partial charge on any atom is 0.257 e. The Morgan fingerprint density at radius 3 is 2.95 bits per heavy atom. The van der Waals surface area contributed by atoms with Gasteiger partial charge >= 0.3 is 0 Å². The summed E-state index contributed by atoms with van der Waals surface area (Å²) in [6, 6.07) is 9.37. The van der Waals surface area contributed by atoms with Crippen LogP contribution < -0.4 is 5.32 Å². The van der Waals surface area contributed by atoms with Gasteiger partial charge in [-0.3, -0.25) is 9.48 Å². The lowest BCUT2D eigenvalue weighted by molar-refractivity contribution is 0.102. The number of amides is 1. The van der Waals surface area contributed by atoms with Crippen molar-refractivity contribution in [2.75, 3.05) is 5.32 Å². The van der Waals surface area contributed by atoms with Crippen LogP contribution in [0.4, 0.5) is 5.82 Å².